The van der Waals surface area contributed by atoms with Crippen LogP contribution in [0.25, 0.3) is 20.2 Å². The van der Waals surface area contributed by atoms with Crippen molar-refractivity contribution in [2.75, 3.05) is 14.7 Å². The highest BCUT2D eigenvalue weighted by Crippen LogP contribution is 2.64. The van der Waals surface area contributed by atoms with E-state index in [0.29, 0.717) is 0 Å². The number of anilines is 8. The molecule has 1 fully saturated rings. The Balaban J connectivity index is 1.04. The molecular formula is C75H76BN3S. The second-order valence-electron chi connectivity index (χ2n) is 29.3. The van der Waals surface area contributed by atoms with Crippen molar-refractivity contribution in [3.63, 3.8) is 0 Å². The van der Waals surface area contributed by atoms with E-state index in [2.05, 4.69) is 245 Å². The first-order valence-electron chi connectivity index (χ1n) is 30.2. The SMILES string of the molecule is Cc1cc2c3c(c1)N1c4cc5c(cc4C)C(C)(C)CCC5(C)c4cc5c(cc4C(C)(C)C)C4(C)CCCCC4(C)N5c4ccc(c1c4)B3c1cc3c(cc1N2c1ccc2c(c1)sc1ccccc12)C(C)(C)c1ccccc1C3(C)C. The molecule has 4 aliphatic heterocycles. The van der Waals surface area contributed by atoms with Crippen LogP contribution in [0, 0.1) is 13.8 Å². The molecule has 400 valence electrons. The zero-order chi connectivity index (χ0) is 55.3. The van der Waals surface area contributed by atoms with Crippen LogP contribution in [-0.2, 0) is 32.5 Å². The molecule has 1 saturated carbocycles. The van der Waals surface area contributed by atoms with Gasteiger partial charge in [-0.2, -0.15) is 0 Å². The van der Waals surface area contributed by atoms with Crippen LogP contribution in [0.1, 0.15) is 183 Å². The molecule has 5 heteroatoms. The smallest absolute Gasteiger partial charge is 0.252 e. The van der Waals surface area contributed by atoms with E-state index in [1.807, 2.05) is 11.3 Å². The van der Waals surface area contributed by atoms with Gasteiger partial charge in [0.25, 0.3) is 6.71 Å². The Kier molecular flexibility index (Phi) is 9.55. The summed E-state index contributed by atoms with van der Waals surface area (Å²) in [6.45, 7) is 35.0. The topological polar surface area (TPSA) is 9.72 Å². The van der Waals surface area contributed by atoms with Crippen molar-refractivity contribution >= 4 is 100 Å². The zero-order valence-electron chi connectivity index (χ0n) is 49.8. The average molecular weight is 1060 g/mol. The Bertz CT molecular complexity index is 4280. The molecule has 3 unspecified atom stereocenters. The van der Waals surface area contributed by atoms with Crippen LogP contribution in [-0.4, -0.2) is 12.3 Å². The van der Waals surface area contributed by atoms with Gasteiger partial charge in [-0.3, -0.25) is 0 Å². The van der Waals surface area contributed by atoms with E-state index in [1.54, 1.807) is 5.56 Å². The number of hydrogen-bond acceptors (Lipinski definition) is 4. The summed E-state index contributed by atoms with van der Waals surface area (Å²) in [6, 6.07) is 54.7. The van der Waals surface area contributed by atoms with Gasteiger partial charge in [0, 0.05) is 87.3 Å². The van der Waals surface area contributed by atoms with Gasteiger partial charge in [-0.05, 0) is 196 Å². The van der Waals surface area contributed by atoms with Crippen LogP contribution in [0.2, 0.25) is 0 Å². The number of nitrogens with zero attached hydrogens (tertiary/aromatic N) is 3. The Morgan fingerprint density at radius 3 is 1.85 bits per heavy atom. The number of thiophene rings is 1. The highest BCUT2D eigenvalue weighted by molar-refractivity contribution is 7.25. The molecule has 0 N–H and O–H groups in total. The molecule has 7 aliphatic rings. The van der Waals surface area contributed by atoms with E-state index in [4.69, 9.17) is 0 Å². The van der Waals surface area contributed by atoms with Crippen LogP contribution in [0.5, 0.6) is 0 Å². The number of aryl methyl sites for hydroxylation is 2. The standard InChI is InChI=1S/C75H76BN3S/c1-43-33-64-68-65(34-43)78-60-41-56-52(35-44(60)2)70(6,7)31-32-73(56,12)55-42-61-57(38-51(55)69(3,4)5)74(13)29-19-20-30-75(74,14)79(61)46-26-28-58(62(78)36-46)76(68)59-39-53-54(72(10,11)50-23-17-16-22-49(50)71(53,8)9)40-63(59)77(64)45-25-27-48-47-21-15-18-24-66(47)80-67(48)37-45/h15-18,21-28,33-42H,19-20,29-32H2,1-14H3. The minimum absolute atomic E-state index is 0.00872. The molecule has 0 radical (unpaired) electrons. The van der Waals surface area contributed by atoms with E-state index in [-0.39, 0.29) is 44.7 Å². The molecule has 0 spiro atoms. The molecule has 3 nitrogen and oxygen atoms in total. The number of benzene rings is 8. The van der Waals surface area contributed by atoms with Gasteiger partial charge in [0.05, 0.1) is 5.54 Å². The largest absolute Gasteiger partial charge is 0.334 e. The van der Waals surface area contributed by atoms with Crippen molar-refractivity contribution in [1.29, 1.82) is 0 Å². The lowest BCUT2D eigenvalue weighted by Gasteiger charge is -2.51. The molecule has 0 amide bonds. The van der Waals surface area contributed by atoms with Gasteiger partial charge in [-0.15, -0.1) is 11.3 Å². The van der Waals surface area contributed by atoms with E-state index in [9.17, 15) is 0 Å². The van der Waals surface area contributed by atoms with Crippen molar-refractivity contribution in [2.45, 2.75) is 173 Å². The van der Waals surface area contributed by atoms with Gasteiger partial charge < -0.3 is 14.7 Å². The molecule has 0 saturated heterocycles. The quantitative estimate of drug-likeness (QED) is 0.152. The summed E-state index contributed by atoms with van der Waals surface area (Å²) in [5.74, 6) is 0. The predicted molar refractivity (Wildman–Crippen MR) is 344 cm³/mol. The van der Waals surface area contributed by atoms with E-state index in [0.717, 1.165) is 19.3 Å². The van der Waals surface area contributed by atoms with Crippen LogP contribution >= 0.6 is 11.3 Å². The zero-order valence-corrected chi connectivity index (χ0v) is 50.6. The second-order valence-corrected chi connectivity index (χ2v) is 30.4. The Labute approximate surface area is 480 Å². The summed E-state index contributed by atoms with van der Waals surface area (Å²) in [6.07, 6.45) is 7.12. The van der Waals surface area contributed by atoms with Crippen molar-refractivity contribution in [2.24, 2.45) is 0 Å². The Hall–Kier alpha value is -6.56. The summed E-state index contributed by atoms with van der Waals surface area (Å²) in [5.41, 5.74) is 29.8. The van der Waals surface area contributed by atoms with E-state index < -0.39 is 0 Å². The summed E-state index contributed by atoms with van der Waals surface area (Å²) < 4.78 is 2.66. The van der Waals surface area contributed by atoms with Crippen LogP contribution in [0.15, 0.2) is 133 Å². The number of hydrogen-bond donors (Lipinski definition) is 0. The number of fused-ring (bicyclic) bond motifs is 18. The third-order valence-corrected chi connectivity index (χ3v) is 23.8. The third kappa shape index (κ3) is 6.03. The van der Waals surface area contributed by atoms with Gasteiger partial charge >= 0.3 is 0 Å². The molecule has 5 heterocycles. The van der Waals surface area contributed by atoms with Gasteiger partial charge in [0.1, 0.15) is 0 Å². The van der Waals surface area contributed by atoms with Crippen LogP contribution in [0.4, 0.5) is 45.5 Å². The first-order chi connectivity index (χ1) is 38.0. The van der Waals surface area contributed by atoms with E-state index >= 15 is 0 Å². The monoisotopic (exact) mass is 1060 g/mol. The minimum atomic E-state index is -0.217. The maximum absolute atomic E-state index is 2.89. The van der Waals surface area contributed by atoms with Crippen LogP contribution in [0.3, 0.4) is 0 Å². The van der Waals surface area contributed by atoms with E-state index in [1.165, 1.54) is 157 Å². The number of rotatable bonds is 1. The first-order valence-corrected chi connectivity index (χ1v) is 31.0. The second kappa shape index (κ2) is 15.5. The lowest BCUT2D eigenvalue weighted by Crippen LogP contribution is -2.62. The maximum atomic E-state index is 2.89. The maximum Gasteiger partial charge on any atom is 0.252 e. The average Bonchev–Trinajstić information content (AvgIpc) is 3.48. The summed E-state index contributed by atoms with van der Waals surface area (Å²) in [7, 11) is 0. The summed E-state index contributed by atoms with van der Waals surface area (Å²) in [4.78, 5) is 8.36. The molecule has 1 aromatic heterocycles. The molecule has 16 rings (SSSR count). The minimum Gasteiger partial charge on any atom is -0.334 e. The highest BCUT2D eigenvalue weighted by Gasteiger charge is 2.59. The van der Waals surface area contributed by atoms with Crippen molar-refractivity contribution in [1.82, 2.24) is 0 Å². The molecule has 9 aromatic rings. The van der Waals surface area contributed by atoms with Gasteiger partial charge in [0.15, 0.2) is 0 Å². The predicted octanol–water partition coefficient (Wildman–Crippen LogP) is 18.4. The normalized spacial score (nSPS) is 23.7. The summed E-state index contributed by atoms with van der Waals surface area (Å²) in [5, 5.41) is 2.67. The molecule has 3 aliphatic carbocycles. The van der Waals surface area contributed by atoms with Crippen molar-refractivity contribution in [3.05, 3.63) is 195 Å². The van der Waals surface area contributed by atoms with Gasteiger partial charge in [0.2, 0.25) is 0 Å². The lowest BCUT2D eigenvalue weighted by atomic mass is 9.33. The first kappa shape index (κ1) is 49.3. The van der Waals surface area contributed by atoms with Crippen molar-refractivity contribution in [3.8, 4) is 0 Å². The van der Waals surface area contributed by atoms with Crippen molar-refractivity contribution < 1.29 is 0 Å². The Morgan fingerprint density at radius 2 is 1.10 bits per heavy atom. The Morgan fingerprint density at radius 1 is 0.463 bits per heavy atom. The molecule has 6 bridgehead atoms. The third-order valence-electron chi connectivity index (χ3n) is 22.6. The summed E-state index contributed by atoms with van der Waals surface area (Å²) >= 11 is 1.92. The fourth-order valence-corrected chi connectivity index (χ4v) is 19.1. The lowest BCUT2D eigenvalue weighted by molar-refractivity contribution is 0.195. The molecule has 3 atom stereocenters. The molecule has 8 aromatic carbocycles. The van der Waals surface area contributed by atoms with Gasteiger partial charge in [-0.25, -0.2) is 0 Å². The van der Waals surface area contributed by atoms with Gasteiger partial charge in [-0.1, -0.05) is 162 Å². The fourth-order valence-electron chi connectivity index (χ4n) is 17.9. The molecular weight excluding hydrogens is 986 g/mol. The fraction of sp³-hybridized carbons (Fsp3) is 0.360. The highest BCUT2D eigenvalue weighted by atomic mass is 32.1. The molecule has 80 heavy (non-hydrogen) atoms. The van der Waals surface area contributed by atoms with Crippen LogP contribution < -0.4 is 31.1 Å².